The first-order chi connectivity index (χ1) is 13.4. The average molecular weight is 422 g/mol. The van der Waals surface area contributed by atoms with Crippen molar-refractivity contribution in [3.63, 3.8) is 0 Å². The smallest absolute Gasteiger partial charge is 0.330 e. The molecule has 0 unspecified atom stereocenters. The summed E-state index contributed by atoms with van der Waals surface area (Å²) in [6.07, 6.45) is 1.58. The number of esters is 1. The second-order valence-corrected chi connectivity index (χ2v) is 13.8. The van der Waals surface area contributed by atoms with Crippen LogP contribution in [0.4, 0.5) is 5.69 Å². The molecule has 0 spiro atoms. The van der Waals surface area contributed by atoms with Gasteiger partial charge in [-0.05, 0) is 61.8 Å². The summed E-state index contributed by atoms with van der Waals surface area (Å²) in [6, 6.07) is 7.73. The van der Waals surface area contributed by atoms with Crippen LogP contribution in [0.2, 0.25) is 18.1 Å². The van der Waals surface area contributed by atoms with E-state index in [0.717, 1.165) is 17.0 Å². The quantitative estimate of drug-likeness (QED) is 0.301. The highest BCUT2D eigenvalue weighted by Gasteiger charge is 2.37. The van der Waals surface area contributed by atoms with Gasteiger partial charge < -0.3 is 19.2 Å². The fraction of sp³-hybridized carbons (Fsp3) is 0.609. The third-order valence-corrected chi connectivity index (χ3v) is 10.1. The van der Waals surface area contributed by atoms with Gasteiger partial charge in [0.2, 0.25) is 0 Å². The normalized spacial score (nSPS) is 14.9. The summed E-state index contributed by atoms with van der Waals surface area (Å²) in [5.41, 5.74) is 1.89. The first kappa shape index (κ1) is 25.2. The number of rotatable bonds is 10. The highest BCUT2D eigenvalue weighted by atomic mass is 28.4. The molecule has 0 aliphatic rings. The number of benzene rings is 1. The summed E-state index contributed by atoms with van der Waals surface area (Å²) in [4.78, 5) is 12.0. The van der Waals surface area contributed by atoms with Gasteiger partial charge in [-0.25, -0.2) is 4.79 Å². The summed E-state index contributed by atoms with van der Waals surface area (Å²) in [6.45, 7) is 18.1. The Labute approximate surface area is 178 Å². The fourth-order valence-electron chi connectivity index (χ4n) is 2.68. The van der Waals surface area contributed by atoms with E-state index < -0.39 is 8.32 Å². The van der Waals surface area contributed by atoms with Crippen LogP contribution in [0.3, 0.4) is 0 Å². The molecular weight excluding hydrogens is 382 g/mol. The molecule has 0 fully saturated rings. The molecule has 164 valence electrons. The molecule has 2 atom stereocenters. The van der Waals surface area contributed by atoms with Crippen LogP contribution in [0.5, 0.6) is 5.75 Å². The lowest BCUT2D eigenvalue weighted by molar-refractivity contribution is -0.137. The number of hydrogen-bond donors (Lipinski definition) is 1. The van der Waals surface area contributed by atoms with Crippen LogP contribution in [-0.4, -0.2) is 40.7 Å². The van der Waals surface area contributed by atoms with Crippen molar-refractivity contribution in [1.29, 1.82) is 0 Å². The molecule has 5 nitrogen and oxygen atoms in total. The van der Waals surface area contributed by atoms with Gasteiger partial charge in [-0.1, -0.05) is 27.7 Å². The number of methoxy groups -OCH3 is 1. The molecule has 1 aromatic rings. The third kappa shape index (κ3) is 7.86. The van der Waals surface area contributed by atoms with Gasteiger partial charge >= 0.3 is 5.97 Å². The topological polar surface area (TPSA) is 56.8 Å². The first-order valence-electron chi connectivity index (χ1n) is 10.3. The lowest BCUT2D eigenvalue weighted by atomic mass is 9.95. The predicted molar refractivity (Wildman–Crippen MR) is 123 cm³/mol. The number of carbonyl (C=O) groups is 1. The van der Waals surface area contributed by atoms with E-state index in [1.54, 1.807) is 13.2 Å². The molecule has 0 heterocycles. The zero-order valence-electron chi connectivity index (χ0n) is 19.6. The Morgan fingerprint density at radius 1 is 1.21 bits per heavy atom. The Morgan fingerprint density at radius 2 is 1.79 bits per heavy atom. The molecule has 1 rings (SSSR count). The van der Waals surface area contributed by atoms with Crippen LogP contribution in [-0.2, 0) is 14.0 Å². The molecule has 0 amide bonds. The maximum atomic E-state index is 12.0. The van der Waals surface area contributed by atoms with Gasteiger partial charge in [0.25, 0.3) is 0 Å². The summed E-state index contributed by atoms with van der Waals surface area (Å²) in [7, 11) is -0.202. The SMILES string of the molecule is CCOC(=O)/C=C(/C)[C@@H](Nc1ccc(OC)cc1)[C@@H](C)CO[Si](C)(C)C(C)(C)C. The van der Waals surface area contributed by atoms with E-state index >= 15 is 0 Å². The summed E-state index contributed by atoms with van der Waals surface area (Å²) >= 11 is 0. The zero-order chi connectivity index (χ0) is 22.2. The fourth-order valence-corrected chi connectivity index (χ4v) is 3.80. The van der Waals surface area contributed by atoms with Crippen molar-refractivity contribution in [3.05, 3.63) is 35.9 Å². The predicted octanol–water partition coefficient (Wildman–Crippen LogP) is 5.64. The Bertz CT molecular complexity index is 677. The minimum atomic E-state index is -1.85. The number of hydrogen-bond acceptors (Lipinski definition) is 5. The van der Waals surface area contributed by atoms with Crippen LogP contribution in [0.15, 0.2) is 35.9 Å². The molecule has 1 N–H and O–H groups in total. The summed E-state index contributed by atoms with van der Waals surface area (Å²) in [5.74, 6) is 0.654. The van der Waals surface area contributed by atoms with E-state index in [4.69, 9.17) is 13.9 Å². The minimum Gasteiger partial charge on any atom is -0.497 e. The van der Waals surface area contributed by atoms with Crippen LogP contribution in [0.25, 0.3) is 0 Å². The van der Waals surface area contributed by atoms with E-state index in [0.29, 0.717) is 13.2 Å². The maximum Gasteiger partial charge on any atom is 0.330 e. The summed E-state index contributed by atoms with van der Waals surface area (Å²) < 4.78 is 16.8. The molecule has 0 saturated carbocycles. The lowest BCUT2D eigenvalue weighted by Crippen LogP contribution is -2.43. The van der Waals surface area contributed by atoms with Gasteiger partial charge in [0, 0.05) is 24.3 Å². The van der Waals surface area contributed by atoms with Crippen molar-refractivity contribution in [1.82, 2.24) is 0 Å². The molecule has 0 aliphatic heterocycles. The van der Waals surface area contributed by atoms with E-state index in [-0.39, 0.29) is 23.0 Å². The number of carbonyl (C=O) groups excluding carboxylic acids is 1. The molecule has 0 aromatic heterocycles. The molecule has 0 bridgehead atoms. The molecule has 0 radical (unpaired) electrons. The van der Waals surface area contributed by atoms with E-state index in [2.05, 4.69) is 46.1 Å². The first-order valence-corrected chi connectivity index (χ1v) is 13.2. The van der Waals surface area contributed by atoms with Gasteiger partial charge in [-0.2, -0.15) is 0 Å². The van der Waals surface area contributed by atoms with Gasteiger partial charge in [0.1, 0.15) is 5.75 Å². The monoisotopic (exact) mass is 421 g/mol. The zero-order valence-corrected chi connectivity index (χ0v) is 20.6. The van der Waals surface area contributed by atoms with Crippen LogP contribution < -0.4 is 10.1 Å². The van der Waals surface area contributed by atoms with E-state index in [1.165, 1.54) is 0 Å². The molecule has 29 heavy (non-hydrogen) atoms. The van der Waals surface area contributed by atoms with Crippen LogP contribution >= 0.6 is 0 Å². The van der Waals surface area contributed by atoms with Gasteiger partial charge in [0.05, 0.1) is 19.8 Å². The van der Waals surface area contributed by atoms with E-state index in [1.807, 2.05) is 38.1 Å². The molecular formula is C23H39NO4Si. The average Bonchev–Trinajstić information content (AvgIpc) is 2.63. The Balaban J connectivity index is 3.03. The van der Waals surface area contributed by atoms with Gasteiger partial charge in [-0.15, -0.1) is 0 Å². The molecule has 0 aliphatic carbocycles. The largest absolute Gasteiger partial charge is 0.497 e. The Morgan fingerprint density at radius 3 is 2.28 bits per heavy atom. The van der Waals surface area contributed by atoms with Crippen molar-refractivity contribution in [2.45, 2.75) is 65.7 Å². The maximum absolute atomic E-state index is 12.0. The Hall–Kier alpha value is -1.79. The van der Waals surface area contributed by atoms with Crippen molar-refractivity contribution in [2.75, 3.05) is 25.6 Å². The van der Waals surface area contributed by atoms with Crippen LogP contribution in [0, 0.1) is 5.92 Å². The van der Waals surface area contributed by atoms with Crippen LogP contribution in [0.1, 0.15) is 41.5 Å². The molecule has 1 aromatic carbocycles. The third-order valence-electron chi connectivity index (χ3n) is 5.62. The number of ether oxygens (including phenoxy) is 2. The summed E-state index contributed by atoms with van der Waals surface area (Å²) in [5, 5.41) is 3.71. The highest BCUT2D eigenvalue weighted by molar-refractivity contribution is 6.74. The molecule has 6 heteroatoms. The van der Waals surface area contributed by atoms with Crippen molar-refractivity contribution < 1.29 is 18.7 Å². The van der Waals surface area contributed by atoms with Crippen molar-refractivity contribution >= 4 is 20.0 Å². The molecule has 0 saturated heterocycles. The second kappa shape index (κ2) is 10.8. The number of anilines is 1. The second-order valence-electron chi connectivity index (χ2n) is 9.04. The standard InChI is InChI=1S/C23H39NO4Si/c1-10-27-21(25)15-17(2)22(24-19-11-13-20(26-7)14-12-19)18(3)16-28-29(8,9)23(4,5)6/h11-15,18,22,24H,10,16H2,1-9H3/b17-15-/t18-,22+/m0/s1. The number of nitrogens with one attached hydrogen (secondary N) is 1. The van der Waals surface area contributed by atoms with Gasteiger partial charge in [-0.3, -0.25) is 0 Å². The highest BCUT2D eigenvalue weighted by Crippen LogP contribution is 2.37. The lowest BCUT2D eigenvalue weighted by Gasteiger charge is -2.38. The van der Waals surface area contributed by atoms with Gasteiger partial charge in [0.15, 0.2) is 8.32 Å². The Kier molecular flexibility index (Phi) is 9.43. The van der Waals surface area contributed by atoms with Crippen molar-refractivity contribution in [2.24, 2.45) is 5.92 Å². The van der Waals surface area contributed by atoms with E-state index in [9.17, 15) is 4.79 Å². The van der Waals surface area contributed by atoms with Crippen molar-refractivity contribution in [3.8, 4) is 5.75 Å². The minimum absolute atomic E-state index is 0.0578.